The van der Waals surface area contributed by atoms with Gasteiger partial charge in [-0.15, -0.1) is 4.52 Å². The van der Waals surface area contributed by atoms with Crippen molar-refractivity contribution in [1.29, 1.82) is 0 Å². The van der Waals surface area contributed by atoms with E-state index in [1.807, 2.05) is 26.0 Å². The van der Waals surface area contributed by atoms with E-state index in [2.05, 4.69) is 9.26 Å². The van der Waals surface area contributed by atoms with Gasteiger partial charge in [-0.1, -0.05) is 39.5 Å². The summed E-state index contributed by atoms with van der Waals surface area (Å²) in [4.78, 5) is -0.764. The fraction of sp³-hybridized carbons (Fsp3) is 0.217. The van der Waals surface area contributed by atoms with Gasteiger partial charge in [-0.3, -0.25) is 0 Å². The summed E-state index contributed by atoms with van der Waals surface area (Å²) in [6.45, 7) is 1.86. The average molecular weight is 674 g/mol. The summed E-state index contributed by atoms with van der Waals surface area (Å²) in [5, 5.41) is 0. The molecule has 0 aromatic heterocycles. The number of aryl methyl sites for hydroxylation is 2. The molecule has 0 aliphatic carbocycles. The van der Waals surface area contributed by atoms with Crippen molar-refractivity contribution in [3.63, 3.8) is 0 Å². The van der Waals surface area contributed by atoms with E-state index < -0.39 is 44.7 Å². The van der Waals surface area contributed by atoms with Crippen LogP contribution in [0.4, 0.5) is 13.2 Å². The molecule has 2 atom stereocenters. The lowest BCUT2D eigenvalue weighted by atomic mass is 10.2. The van der Waals surface area contributed by atoms with Crippen LogP contribution in [0, 0.1) is 13.8 Å². The standard InChI is InChI=1S/C23H25ClF3N3O7P2S2/c1-17-5-9-19(10-6-17)35-38(4,29-39(24,28-3)37-21-11-7-18(2)8-12-21)36-20-13-15-22(16-14-20)40(31,32)30-41(33,34)23(25,26)27/h5-16,30H,1-4H3. The number of halogens is 4. The normalized spacial score (nSPS) is 15.2. The Bertz CT molecular complexity index is 1720. The first kappa shape index (κ1) is 33.0. The van der Waals surface area contributed by atoms with Crippen LogP contribution >= 0.6 is 25.5 Å². The molecule has 0 aliphatic rings. The molecule has 3 aromatic rings. The zero-order valence-corrected chi connectivity index (χ0v) is 26.1. The second-order valence-corrected chi connectivity index (χ2v) is 17.6. The molecule has 10 nitrogen and oxygen atoms in total. The maximum Gasteiger partial charge on any atom is 0.512 e. The molecule has 0 fully saturated rings. The summed E-state index contributed by atoms with van der Waals surface area (Å²) in [6, 6.07) is 17.8. The molecule has 0 spiro atoms. The van der Waals surface area contributed by atoms with Crippen molar-refractivity contribution in [1.82, 2.24) is 4.13 Å². The van der Waals surface area contributed by atoms with E-state index in [0.29, 0.717) is 15.6 Å². The molecular weight excluding hydrogens is 649 g/mol. The van der Waals surface area contributed by atoms with E-state index in [0.717, 1.165) is 35.4 Å². The third-order valence-corrected chi connectivity index (χ3v) is 13.7. The third-order valence-electron chi connectivity index (χ3n) is 4.99. The summed E-state index contributed by atoms with van der Waals surface area (Å²) < 4.78 is 113. The van der Waals surface area contributed by atoms with Gasteiger partial charge in [0.15, 0.2) is 0 Å². The summed E-state index contributed by atoms with van der Waals surface area (Å²) >= 11 is 6.71. The largest absolute Gasteiger partial charge is 0.512 e. The Morgan fingerprint density at radius 3 is 1.54 bits per heavy atom. The molecule has 0 amide bonds. The van der Waals surface area contributed by atoms with E-state index in [9.17, 15) is 30.0 Å². The minimum Gasteiger partial charge on any atom is -0.431 e. The minimum absolute atomic E-state index is 0.0102. The first-order chi connectivity index (χ1) is 18.9. The van der Waals surface area contributed by atoms with E-state index in [1.165, 1.54) is 13.7 Å². The van der Waals surface area contributed by atoms with Gasteiger partial charge >= 0.3 is 29.8 Å². The van der Waals surface area contributed by atoms with Crippen molar-refractivity contribution in [3.05, 3.63) is 83.9 Å². The van der Waals surface area contributed by atoms with Gasteiger partial charge in [-0.25, -0.2) is 21.6 Å². The lowest BCUT2D eigenvalue weighted by Crippen LogP contribution is -2.40. The maximum atomic E-state index is 12.7. The van der Waals surface area contributed by atoms with Gasteiger partial charge in [0.25, 0.3) is 10.0 Å². The molecule has 224 valence electrons. The molecule has 0 radical (unpaired) electrons. The minimum atomic E-state index is -6.17. The van der Waals surface area contributed by atoms with Crippen LogP contribution in [0.3, 0.4) is 0 Å². The summed E-state index contributed by atoms with van der Waals surface area (Å²) in [5.74, 6) is 0.751. The molecule has 0 bridgehead atoms. The summed E-state index contributed by atoms with van der Waals surface area (Å²) in [5.41, 5.74) is -3.88. The number of benzene rings is 3. The van der Waals surface area contributed by atoms with Gasteiger partial charge in [0.2, 0.25) is 0 Å². The third kappa shape index (κ3) is 8.97. The highest BCUT2D eigenvalue weighted by molar-refractivity contribution is 8.05. The molecular formula is C23H25ClF3N3O7P2S2. The van der Waals surface area contributed by atoms with Crippen LogP contribution in [0.5, 0.6) is 17.2 Å². The van der Waals surface area contributed by atoms with Crippen LogP contribution in [-0.4, -0.2) is 36.1 Å². The molecule has 3 aromatic carbocycles. The van der Waals surface area contributed by atoms with E-state index in [-0.39, 0.29) is 5.75 Å². The predicted octanol–water partition coefficient (Wildman–Crippen LogP) is 7.44. The molecule has 1 N–H and O–H groups in total. The Kier molecular flexibility index (Phi) is 9.94. The molecule has 41 heavy (non-hydrogen) atoms. The van der Waals surface area contributed by atoms with Crippen LogP contribution < -0.4 is 17.7 Å². The van der Waals surface area contributed by atoms with E-state index in [1.54, 1.807) is 36.4 Å². The molecule has 18 heteroatoms. The van der Waals surface area contributed by atoms with Gasteiger partial charge in [0.1, 0.15) is 17.2 Å². The van der Waals surface area contributed by atoms with Crippen molar-refractivity contribution < 1.29 is 43.6 Å². The zero-order valence-electron chi connectivity index (χ0n) is 21.9. The number of nitrogens with one attached hydrogen (secondary N) is 1. The Morgan fingerprint density at radius 2 is 1.15 bits per heavy atom. The van der Waals surface area contributed by atoms with Crippen molar-refractivity contribution in [2.45, 2.75) is 24.3 Å². The highest BCUT2D eigenvalue weighted by atomic mass is 35.7. The first-order valence-electron chi connectivity index (χ1n) is 11.3. The fourth-order valence-electron chi connectivity index (χ4n) is 3.00. The number of alkyl halides is 3. The van der Waals surface area contributed by atoms with Crippen molar-refractivity contribution in [3.8, 4) is 17.2 Å². The van der Waals surface area contributed by atoms with Gasteiger partial charge in [0, 0.05) is 13.7 Å². The maximum absolute atomic E-state index is 12.7. The number of hydrogen-bond donors (Lipinski definition) is 1. The zero-order chi connectivity index (χ0) is 30.7. The number of rotatable bonds is 10. The lowest BCUT2D eigenvalue weighted by molar-refractivity contribution is -0.0441. The van der Waals surface area contributed by atoms with Crippen LogP contribution in [-0.2, 0) is 20.0 Å². The smallest absolute Gasteiger partial charge is 0.431 e. The highest BCUT2D eigenvalue weighted by Gasteiger charge is 2.48. The number of nitrogens with zero attached hydrogens (tertiary/aromatic N) is 2. The van der Waals surface area contributed by atoms with Gasteiger partial charge in [0.05, 0.1) is 4.90 Å². The van der Waals surface area contributed by atoms with Crippen LogP contribution in [0.1, 0.15) is 11.1 Å². The molecule has 2 unspecified atom stereocenters. The topological polar surface area (TPSA) is 133 Å². The second-order valence-electron chi connectivity index (χ2n) is 8.47. The Balaban J connectivity index is 1.99. The van der Waals surface area contributed by atoms with Gasteiger partial charge in [-0.05, 0) is 73.6 Å². The van der Waals surface area contributed by atoms with Gasteiger partial charge < -0.3 is 13.6 Å². The molecule has 0 heterocycles. The second kappa shape index (κ2) is 12.4. The molecule has 3 rings (SSSR count). The van der Waals surface area contributed by atoms with Crippen LogP contribution in [0.25, 0.3) is 0 Å². The lowest BCUT2D eigenvalue weighted by Gasteiger charge is -2.24. The monoisotopic (exact) mass is 673 g/mol. The van der Waals surface area contributed by atoms with Crippen LogP contribution in [0.2, 0.25) is 0 Å². The Hall–Kier alpha value is -2.54. The van der Waals surface area contributed by atoms with E-state index >= 15 is 0 Å². The molecule has 0 saturated heterocycles. The number of sulfonamides is 2. The fourth-order valence-corrected chi connectivity index (χ4v) is 10.7. The Labute approximate surface area is 241 Å². The molecule has 0 aliphatic heterocycles. The average Bonchev–Trinajstić information content (AvgIpc) is 2.86. The number of hydrogen-bond acceptors (Lipinski definition) is 8. The van der Waals surface area contributed by atoms with Crippen molar-refractivity contribution in [2.24, 2.45) is 9.26 Å². The predicted molar refractivity (Wildman–Crippen MR) is 152 cm³/mol. The SMILES string of the molecule is CN=P(Cl)(N=P(C)(Oc1ccc(C)cc1)Oc1ccc(S(=O)(=O)NS(=O)(=O)C(F)(F)F)cc1)Oc1ccc(C)cc1. The summed E-state index contributed by atoms with van der Waals surface area (Å²) in [7, 11) is -13.3. The van der Waals surface area contributed by atoms with Crippen LogP contribution in [0.15, 0.2) is 87.0 Å². The molecule has 0 saturated carbocycles. The first-order valence-corrected chi connectivity index (χ1v) is 18.8. The summed E-state index contributed by atoms with van der Waals surface area (Å²) in [6.07, 6.45) is 0. The van der Waals surface area contributed by atoms with Gasteiger partial charge in [-0.2, -0.15) is 13.2 Å². The quantitative estimate of drug-likeness (QED) is 0.221. The Morgan fingerprint density at radius 1 is 0.756 bits per heavy atom. The van der Waals surface area contributed by atoms with Crippen molar-refractivity contribution in [2.75, 3.05) is 13.7 Å². The van der Waals surface area contributed by atoms with E-state index in [4.69, 9.17) is 24.8 Å². The highest BCUT2D eigenvalue weighted by Crippen LogP contribution is 2.66. The van der Waals surface area contributed by atoms with Crippen molar-refractivity contribution >= 4 is 45.6 Å².